The zero-order chi connectivity index (χ0) is 12.5. The van der Waals surface area contributed by atoms with Crippen LogP contribution in [0.1, 0.15) is 38.1 Å². The standard InChI is InChI=1S/C13H17FN4/c1-2-7-17-8-3-4-11(17)13-16-15-12-6-5-10(14)9-18(12)13/h5-6,9,11H,2-4,7-8H2,1H3/t11-/m0/s1. The summed E-state index contributed by atoms with van der Waals surface area (Å²) in [7, 11) is 0. The maximum atomic E-state index is 13.3. The second kappa shape index (κ2) is 4.65. The van der Waals surface area contributed by atoms with Crippen molar-refractivity contribution in [1.29, 1.82) is 0 Å². The van der Waals surface area contributed by atoms with Gasteiger partial charge in [-0.1, -0.05) is 6.92 Å². The predicted octanol–water partition coefficient (Wildman–Crippen LogP) is 2.42. The average molecular weight is 248 g/mol. The van der Waals surface area contributed by atoms with E-state index >= 15 is 0 Å². The van der Waals surface area contributed by atoms with Crippen LogP contribution in [0.25, 0.3) is 5.65 Å². The zero-order valence-electron chi connectivity index (χ0n) is 10.5. The predicted molar refractivity (Wildman–Crippen MR) is 66.8 cm³/mol. The number of likely N-dealkylation sites (tertiary alicyclic amines) is 1. The number of nitrogens with zero attached hydrogens (tertiary/aromatic N) is 4. The lowest BCUT2D eigenvalue weighted by Crippen LogP contribution is -2.25. The molecule has 5 heteroatoms. The molecule has 0 N–H and O–H groups in total. The van der Waals surface area contributed by atoms with Crippen LogP contribution in [0.5, 0.6) is 0 Å². The first kappa shape index (κ1) is 11.6. The number of halogens is 1. The maximum absolute atomic E-state index is 13.3. The van der Waals surface area contributed by atoms with Crippen LogP contribution in [0.15, 0.2) is 18.3 Å². The van der Waals surface area contributed by atoms with Gasteiger partial charge in [-0.3, -0.25) is 9.30 Å². The van der Waals surface area contributed by atoms with E-state index < -0.39 is 0 Å². The molecule has 1 atom stereocenters. The SMILES string of the molecule is CCCN1CCC[C@H]1c1nnc2ccc(F)cn12. The van der Waals surface area contributed by atoms with Crippen molar-refractivity contribution in [1.82, 2.24) is 19.5 Å². The summed E-state index contributed by atoms with van der Waals surface area (Å²) < 4.78 is 15.1. The van der Waals surface area contributed by atoms with Crippen molar-refractivity contribution in [2.75, 3.05) is 13.1 Å². The second-order valence-corrected chi connectivity index (χ2v) is 4.83. The Labute approximate surface area is 105 Å². The summed E-state index contributed by atoms with van der Waals surface area (Å²) in [5.74, 6) is 0.624. The molecule has 0 radical (unpaired) electrons. The minimum absolute atomic E-state index is 0.247. The fourth-order valence-electron chi connectivity index (χ4n) is 2.78. The number of fused-ring (bicyclic) bond motifs is 1. The Bertz CT molecular complexity index is 551. The molecule has 1 aliphatic heterocycles. The van der Waals surface area contributed by atoms with Gasteiger partial charge in [0, 0.05) is 6.20 Å². The first-order chi connectivity index (χ1) is 8.79. The van der Waals surface area contributed by atoms with E-state index in [4.69, 9.17) is 0 Å². The third kappa shape index (κ3) is 1.88. The van der Waals surface area contributed by atoms with Gasteiger partial charge in [-0.05, 0) is 44.5 Å². The van der Waals surface area contributed by atoms with Gasteiger partial charge in [0.25, 0.3) is 0 Å². The molecule has 0 spiro atoms. The molecular weight excluding hydrogens is 231 g/mol. The van der Waals surface area contributed by atoms with E-state index in [1.165, 1.54) is 18.7 Å². The summed E-state index contributed by atoms with van der Waals surface area (Å²) in [6.45, 7) is 4.34. The zero-order valence-corrected chi connectivity index (χ0v) is 10.5. The van der Waals surface area contributed by atoms with Crippen LogP contribution >= 0.6 is 0 Å². The Balaban J connectivity index is 2.00. The lowest BCUT2D eigenvalue weighted by molar-refractivity contribution is 0.248. The van der Waals surface area contributed by atoms with Crippen LogP contribution in [-0.2, 0) is 0 Å². The molecule has 18 heavy (non-hydrogen) atoms. The molecular formula is C13H17FN4. The molecule has 0 aliphatic carbocycles. The molecule has 0 saturated carbocycles. The summed E-state index contributed by atoms with van der Waals surface area (Å²) in [5, 5.41) is 8.37. The smallest absolute Gasteiger partial charge is 0.160 e. The van der Waals surface area contributed by atoms with E-state index in [1.807, 2.05) is 0 Å². The van der Waals surface area contributed by atoms with Crippen molar-refractivity contribution in [3.63, 3.8) is 0 Å². The van der Waals surface area contributed by atoms with Crippen molar-refractivity contribution in [3.05, 3.63) is 30.0 Å². The fourth-order valence-corrected chi connectivity index (χ4v) is 2.78. The first-order valence-electron chi connectivity index (χ1n) is 6.54. The summed E-state index contributed by atoms with van der Waals surface area (Å²) >= 11 is 0. The molecule has 0 unspecified atom stereocenters. The van der Waals surface area contributed by atoms with Gasteiger partial charge in [0.1, 0.15) is 5.82 Å². The average Bonchev–Trinajstić information content (AvgIpc) is 2.95. The Hall–Kier alpha value is -1.49. The molecule has 4 nitrogen and oxygen atoms in total. The summed E-state index contributed by atoms with van der Waals surface area (Å²) in [5.41, 5.74) is 0.717. The highest BCUT2D eigenvalue weighted by Gasteiger charge is 2.29. The van der Waals surface area contributed by atoms with Crippen molar-refractivity contribution < 1.29 is 4.39 Å². The molecule has 1 saturated heterocycles. The highest BCUT2D eigenvalue weighted by molar-refractivity contribution is 5.38. The minimum atomic E-state index is -0.247. The molecule has 1 aliphatic rings. The van der Waals surface area contributed by atoms with E-state index in [9.17, 15) is 4.39 Å². The number of hydrogen-bond acceptors (Lipinski definition) is 3. The number of aromatic nitrogens is 3. The monoisotopic (exact) mass is 248 g/mol. The van der Waals surface area contributed by atoms with Gasteiger partial charge in [0.05, 0.1) is 6.04 Å². The normalized spacial score (nSPS) is 20.9. The topological polar surface area (TPSA) is 33.4 Å². The van der Waals surface area contributed by atoms with Gasteiger partial charge < -0.3 is 0 Å². The molecule has 2 aromatic heterocycles. The van der Waals surface area contributed by atoms with Crippen LogP contribution < -0.4 is 0 Å². The highest BCUT2D eigenvalue weighted by atomic mass is 19.1. The van der Waals surface area contributed by atoms with Gasteiger partial charge in [-0.2, -0.15) is 0 Å². The number of rotatable bonds is 3. The van der Waals surface area contributed by atoms with E-state index in [-0.39, 0.29) is 11.9 Å². The quantitative estimate of drug-likeness (QED) is 0.836. The Morgan fingerprint density at radius 2 is 2.28 bits per heavy atom. The van der Waals surface area contributed by atoms with Gasteiger partial charge in [-0.15, -0.1) is 10.2 Å². The Kier molecular flexibility index (Phi) is 2.99. The lowest BCUT2D eigenvalue weighted by atomic mass is 10.2. The van der Waals surface area contributed by atoms with Crippen molar-refractivity contribution in [3.8, 4) is 0 Å². The largest absolute Gasteiger partial charge is 0.293 e. The van der Waals surface area contributed by atoms with Crippen LogP contribution in [0.2, 0.25) is 0 Å². The van der Waals surface area contributed by atoms with Crippen LogP contribution in [0.4, 0.5) is 4.39 Å². The Morgan fingerprint density at radius 3 is 3.11 bits per heavy atom. The first-order valence-corrected chi connectivity index (χ1v) is 6.54. The molecule has 0 bridgehead atoms. The Morgan fingerprint density at radius 1 is 1.39 bits per heavy atom. The molecule has 2 aromatic rings. The van der Waals surface area contributed by atoms with Crippen molar-refractivity contribution in [2.24, 2.45) is 0 Å². The molecule has 3 rings (SSSR count). The third-order valence-electron chi connectivity index (χ3n) is 3.57. The highest BCUT2D eigenvalue weighted by Crippen LogP contribution is 2.30. The van der Waals surface area contributed by atoms with Gasteiger partial charge >= 0.3 is 0 Å². The second-order valence-electron chi connectivity index (χ2n) is 4.83. The van der Waals surface area contributed by atoms with Gasteiger partial charge in [0.2, 0.25) is 0 Å². The van der Waals surface area contributed by atoms with Gasteiger partial charge in [0.15, 0.2) is 11.5 Å². The van der Waals surface area contributed by atoms with Crippen molar-refractivity contribution in [2.45, 2.75) is 32.2 Å². The summed E-state index contributed by atoms with van der Waals surface area (Å²) in [6, 6.07) is 3.37. The molecule has 3 heterocycles. The molecule has 0 amide bonds. The molecule has 0 aromatic carbocycles. The van der Waals surface area contributed by atoms with Crippen LogP contribution in [0, 0.1) is 5.82 Å². The molecule has 1 fully saturated rings. The van der Waals surface area contributed by atoms with Crippen LogP contribution in [-0.4, -0.2) is 32.6 Å². The van der Waals surface area contributed by atoms with Gasteiger partial charge in [-0.25, -0.2) is 4.39 Å². The van der Waals surface area contributed by atoms with E-state index in [0.717, 1.165) is 37.4 Å². The van der Waals surface area contributed by atoms with E-state index in [1.54, 1.807) is 10.5 Å². The number of pyridine rings is 1. The minimum Gasteiger partial charge on any atom is -0.293 e. The summed E-state index contributed by atoms with van der Waals surface area (Å²) in [6.07, 6.45) is 4.86. The fraction of sp³-hybridized carbons (Fsp3) is 0.538. The van der Waals surface area contributed by atoms with Crippen LogP contribution in [0.3, 0.4) is 0 Å². The maximum Gasteiger partial charge on any atom is 0.160 e. The summed E-state index contributed by atoms with van der Waals surface area (Å²) in [4.78, 5) is 2.42. The van der Waals surface area contributed by atoms with Crippen molar-refractivity contribution >= 4 is 5.65 Å². The number of hydrogen-bond donors (Lipinski definition) is 0. The lowest BCUT2D eigenvalue weighted by Gasteiger charge is -2.22. The van der Waals surface area contributed by atoms with E-state index in [2.05, 4.69) is 22.0 Å². The molecule has 96 valence electrons. The van der Waals surface area contributed by atoms with E-state index in [0.29, 0.717) is 0 Å². The third-order valence-corrected chi connectivity index (χ3v) is 3.57.